The zero-order valence-electron chi connectivity index (χ0n) is 16.2. The molecule has 1 amide bonds. The topological polar surface area (TPSA) is 82.1 Å². The van der Waals surface area contributed by atoms with E-state index in [-0.39, 0.29) is 5.91 Å². The number of aliphatic hydroxyl groups is 1. The molecular weight excluding hydrogens is 364 g/mol. The highest BCUT2D eigenvalue weighted by Gasteiger charge is 2.39. The SMILES string of the molecule is O=C(c1cccc(-c2n[nH]c(C3CCC3)n2)c1)N1CC[C@@](O)(c2ccccc2)C1. The normalized spacial score (nSPS) is 21.9. The minimum absolute atomic E-state index is 0.0755. The third-order valence-electron chi connectivity index (χ3n) is 6.21. The maximum atomic E-state index is 13.1. The number of H-pyrrole nitrogens is 1. The van der Waals surface area contributed by atoms with Crippen molar-refractivity contribution in [2.45, 2.75) is 37.2 Å². The highest BCUT2D eigenvalue weighted by Crippen LogP contribution is 2.35. The van der Waals surface area contributed by atoms with Gasteiger partial charge in [-0.3, -0.25) is 9.89 Å². The highest BCUT2D eigenvalue weighted by molar-refractivity contribution is 5.95. The third-order valence-corrected chi connectivity index (χ3v) is 6.21. The zero-order valence-corrected chi connectivity index (χ0v) is 16.2. The number of benzene rings is 2. The minimum atomic E-state index is -0.990. The lowest BCUT2D eigenvalue weighted by atomic mass is 9.85. The van der Waals surface area contributed by atoms with Crippen molar-refractivity contribution in [1.29, 1.82) is 0 Å². The number of aromatic nitrogens is 3. The van der Waals surface area contributed by atoms with E-state index >= 15 is 0 Å². The molecule has 2 N–H and O–H groups in total. The molecule has 0 unspecified atom stereocenters. The smallest absolute Gasteiger partial charge is 0.253 e. The molecule has 1 atom stereocenters. The van der Waals surface area contributed by atoms with E-state index in [1.165, 1.54) is 6.42 Å². The average Bonchev–Trinajstić information content (AvgIpc) is 3.35. The van der Waals surface area contributed by atoms with E-state index in [1.807, 2.05) is 54.6 Å². The van der Waals surface area contributed by atoms with Crippen LogP contribution in [0.15, 0.2) is 54.6 Å². The molecule has 0 bridgehead atoms. The maximum absolute atomic E-state index is 13.1. The van der Waals surface area contributed by atoms with E-state index in [0.717, 1.165) is 29.8 Å². The Labute approximate surface area is 169 Å². The first-order chi connectivity index (χ1) is 14.1. The second-order valence-corrected chi connectivity index (χ2v) is 8.13. The molecule has 3 aromatic rings. The van der Waals surface area contributed by atoms with Gasteiger partial charge in [-0.05, 0) is 37.0 Å². The van der Waals surface area contributed by atoms with Crippen LogP contribution in [0.4, 0.5) is 0 Å². The van der Waals surface area contributed by atoms with Gasteiger partial charge in [0.05, 0.1) is 6.54 Å². The summed E-state index contributed by atoms with van der Waals surface area (Å²) in [5.41, 5.74) is 1.29. The predicted molar refractivity (Wildman–Crippen MR) is 109 cm³/mol. The first-order valence-electron chi connectivity index (χ1n) is 10.2. The van der Waals surface area contributed by atoms with Crippen molar-refractivity contribution in [3.8, 4) is 11.4 Å². The first-order valence-corrected chi connectivity index (χ1v) is 10.2. The van der Waals surface area contributed by atoms with Crippen molar-refractivity contribution in [2.24, 2.45) is 0 Å². The number of aromatic amines is 1. The number of nitrogens with one attached hydrogen (secondary N) is 1. The summed E-state index contributed by atoms with van der Waals surface area (Å²) in [6.45, 7) is 0.827. The molecule has 2 aromatic carbocycles. The van der Waals surface area contributed by atoms with Crippen LogP contribution in [0.5, 0.6) is 0 Å². The first kappa shape index (κ1) is 18.1. The van der Waals surface area contributed by atoms with E-state index in [1.54, 1.807) is 4.90 Å². The van der Waals surface area contributed by atoms with Crippen LogP contribution in [-0.2, 0) is 5.60 Å². The molecule has 1 saturated heterocycles. The molecule has 1 aliphatic heterocycles. The summed E-state index contributed by atoms with van der Waals surface area (Å²) >= 11 is 0. The van der Waals surface area contributed by atoms with Crippen molar-refractivity contribution in [1.82, 2.24) is 20.1 Å². The van der Waals surface area contributed by atoms with Crippen LogP contribution in [0.25, 0.3) is 11.4 Å². The van der Waals surface area contributed by atoms with Gasteiger partial charge in [-0.2, -0.15) is 5.10 Å². The zero-order chi connectivity index (χ0) is 19.8. The van der Waals surface area contributed by atoms with Gasteiger partial charge in [0, 0.05) is 23.6 Å². The Morgan fingerprint density at radius 2 is 1.97 bits per heavy atom. The Morgan fingerprint density at radius 1 is 1.14 bits per heavy atom. The molecule has 2 fully saturated rings. The van der Waals surface area contributed by atoms with E-state index in [2.05, 4.69) is 15.2 Å². The van der Waals surface area contributed by atoms with E-state index in [0.29, 0.717) is 36.8 Å². The fourth-order valence-electron chi connectivity index (χ4n) is 4.19. The van der Waals surface area contributed by atoms with Gasteiger partial charge in [0.15, 0.2) is 5.82 Å². The van der Waals surface area contributed by atoms with Crippen LogP contribution in [0.3, 0.4) is 0 Å². The average molecular weight is 388 g/mol. The summed E-state index contributed by atoms with van der Waals surface area (Å²) in [5.74, 6) is 1.98. The summed E-state index contributed by atoms with van der Waals surface area (Å²) in [6.07, 6.45) is 4.10. The fourth-order valence-corrected chi connectivity index (χ4v) is 4.19. The molecule has 1 saturated carbocycles. The number of hydrogen-bond donors (Lipinski definition) is 2. The Hall–Kier alpha value is -2.99. The number of rotatable bonds is 4. The Morgan fingerprint density at radius 3 is 2.72 bits per heavy atom. The summed E-state index contributed by atoms with van der Waals surface area (Å²) in [4.78, 5) is 19.4. The summed E-state index contributed by atoms with van der Waals surface area (Å²) in [7, 11) is 0. The quantitative estimate of drug-likeness (QED) is 0.717. The number of β-amino-alcohol motifs (C(OH)–C–C–N with tert-alkyl or cyclic N) is 1. The lowest BCUT2D eigenvalue weighted by molar-refractivity contribution is 0.0417. The molecule has 2 aliphatic rings. The summed E-state index contributed by atoms with van der Waals surface area (Å²) in [5, 5.41) is 18.4. The van der Waals surface area contributed by atoms with Crippen LogP contribution in [0.2, 0.25) is 0 Å². The van der Waals surface area contributed by atoms with Crippen LogP contribution >= 0.6 is 0 Å². The van der Waals surface area contributed by atoms with Crippen LogP contribution < -0.4 is 0 Å². The molecule has 29 heavy (non-hydrogen) atoms. The third kappa shape index (κ3) is 3.34. The summed E-state index contributed by atoms with van der Waals surface area (Å²) < 4.78 is 0. The molecule has 6 heteroatoms. The molecule has 1 aromatic heterocycles. The lowest BCUT2D eigenvalue weighted by Gasteiger charge is -2.24. The standard InChI is InChI=1S/C23H24N4O2/c28-22(27-13-12-23(29,15-27)19-10-2-1-3-11-19)18-9-5-8-17(14-18)21-24-20(25-26-21)16-6-4-7-16/h1-3,5,8-11,14,16,29H,4,6-7,12-13,15H2,(H,24,25,26)/t23-/m0/s1. The van der Waals surface area contributed by atoms with Gasteiger partial charge < -0.3 is 10.0 Å². The van der Waals surface area contributed by atoms with Crippen molar-refractivity contribution >= 4 is 5.91 Å². The van der Waals surface area contributed by atoms with E-state index in [4.69, 9.17) is 0 Å². The minimum Gasteiger partial charge on any atom is -0.383 e. The van der Waals surface area contributed by atoms with Gasteiger partial charge in [-0.25, -0.2) is 4.98 Å². The van der Waals surface area contributed by atoms with Crippen molar-refractivity contribution < 1.29 is 9.90 Å². The monoisotopic (exact) mass is 388 g/mol. The lowest BCUT2D eigenvalue weighted by Crippen LogP contribution is -2.34. The molecule has 2 heterocycles. The second kappa shape index (κ2) is 7.12. The molecule has 5 rings (SSSR count). The maximum Gasteiger partial charge on any atom is 0.253 e. The van der Waals surface area contributed by atoms with Crippen LogP contribution in [0.1, 0.15) is 53.3 Å². The molecule has 6 nitrogen and oxygen atoms in total. The number of carbonyl (C=O) groups excluding carboxylic acids is 1. The molecular formula is C23H24N4O2. The van der Waals surface area contributed by atoms with Crippen molar-refractivity contribution in [2.75, 3.05) is 13.1 Å². The van der Waals surface area contributed by atoms with Crippen molar-refractivity contribution in [3.63, 3.8) is 0 Å². The second-order valence-electron chi connectivity index (χ2n) is 8.13. The Bertz CT molecular complexity index is 1030. The van der Waals surface area contributed by atoms with Gasteiger partial charge in [0.1, 0.15) is 11.4 Å². The van der Waals surface area contributed by atoms with Gasteiger partial charge in [0.25, 0.3) is 5.91 Å². The predicted octanol–water partition coefficient (Wildman–Crippen LogP) is 3.47. The number of amides is 1. The van der Waals surface area contributed by atoms with Gasteiger partial charge in [-0.15, -0.1) is 0 Å². The Balaban J connectivity index is 1.34. The summed E-state index contributed by atoms with van der Waals surface area (Å²) in [6, 6.07) is 17.0. The van der Waals surface area contributed by atoms with Gasteiger partial charge >= 0.3 is 0 Å². The van der Waals surface area contributed by atoms with Gasteiger partial charge in [0.2, 0.25) is 0 Å². The fraction of sp³-hybridized carbons (Fsp3) is 0.348. The number of nitrogens with zero attached hydrogens (tertiary/aromatic N) is 3. The molecule has 148 valence electrons. The Kier molecular flexibility index (Phi) is 4.43. The number of hydrogen-bond acceptors (Lipinski definition) is 4. The largest absolute Gasteiger partial charge is 0.383 e. The van der Waals surface area contributed by atoms with E-state index in [9.17, 15) is 9.90 Å². The molecule has 1 aliphatic carbocycles. The molecule has 0 spiro atoms. The van der Waals surface area contributed by atoms with Gasteiger partial charge in [-0.1, -0.05) is 48.9 Å². The number of carbonyl (C=O) groups is 1. The van der Waals surface area contributed by atoms with Crippen LogP contribution in [0, 0.1) is 0 Å². The van der Waals surface area contributed by atoms with Crippen molar-refractivity contribution in [3.05, 3.63) is 71.5 Å². The van der Waals surface area contributed by atoms with E-state index < -0.39 is 5.60 Å². The number of likely N-dealkylation sites (tertiary alicyclic amines) is 1. The highest BCUT2D eigenvalue weighted by atomic mass is 16.3. The molecule has 0 radical (unpaired) electrons. The van der Waals surface area contributed by atoms with Crippen LogP contribution in [-0.4, -0.2) is 44.2 Å².